The Morgan fingerprint density at radius 2 is 2.26 bits per heavy atom. The second-order valence-electron chi connectivity index (χ2n) is 3.70. The van der Waals surface area contributed by atoms with Crippen molar-refractivity contribution < 1.29 is 9.59 Å². The Labute approximate surface area is 112 Å². The van der Waals surface area contributed by atoms with Crippen LogP contribution in [0.5, 0.6) is 0 Å². The number of hydrogen-bond donors (Lipinski definition) is 2. The molecular formula is C10H12N6O2S. The number of primary amides is 1. The Kier molecular flexibility index (Phi) is 3.95. The van der Waals surface area contributed by atoms with Gasteiger partial charge in [0.1, 0.15) is 11.4 Å². The first-order valence-electron chi connectivity index (χ1n) is 5.42. The van der Waals surface area contributed by atoms with Gasteiger partial charge in [0.05, 0.1) is 11.6 Å². The zero-order valence-electron chi connectivity index (χ0n) is 10.2. The van der Waals surface area contributed by atoms with E-state index in [2.05, 4.69) is 15.1 Å². The lowest BCUT2D eigenvalue weighted by Gasteiger charge is -2.02. The Morgan fingerprint density at radius 1 is 1.47 bits per heavy atom. The van der Waals surface area contributed by atoms with Gasteiger partial charge in [-0.3, -0.25) is 14.8 Å². The summed E-state index contributed by atoms with van der Waals surface area (Å²) in [7, 11) is 1.80. The Balaban J connectivity index is 1.98. The zero-order valence-corrected chi connectivity index (χ0v) is 11.0. The molecule has 3 amide bonds. The van der Waals surface area contributed by atoms with Gasteiger partial charge >= 0.3 is 6.03 Å². The van der Waals surface area contributed by atoms with E-state index in [1.165, 1.54) is 18.1 Å². The number of fused-ring (bicyclic) bond motifs is 1. The van der Waals surface area contributed by atoms with Gasteiger partial charge in [0, 0.05) is 19.2 Å². The molecule has 0 spiro atoms. The average Bonchev–Trinajstić information content (AvgIpc) is 2.71. The van der Waals surface area contributed by atoms with Crippen LogP contribution in [-0.2, 0) is 11.8 Å². The maximum absolute atomic E-state index is 11.2. The molecule has 0 atom stereocenters. The number of nitrogens with zero attached hydrogens (tertiary/aromatic N) is 4. The van der Waals surface area contributed by atoms with Crippen LogP contribution < -0.4 is 11.1 Å². The van der Waals surface area contributed by atoms with Crippen LogP contribution in [-0.4, -0.2) is 37.4 Å². The minimum atomic E-state index is -0.841. The molecular weight excluding hydrogens is 268 g/mol. The number of thioether (sulfide) groups is 1. The van der Waals surface area contributed by atoms with Crippen molar-refractivity contribution in [3.8, 4) is 0 Å². The van der Waals surface area contributed by atoms with Gasteiger partial charge in [0.2, 0.25) is 5.91 Å². The molecule has 2 heterocycles. The number of carbonyl (C=O) groups is 2. The third kappa shape index (κ3) is 3.19. The topological polar surface area (TPSA) is 116 Å². The van der Waals surface area contributed by atoms with E-state index >= 15 is 0 Å². The molecule has 9 heteroatoms. The van der Waals surface area contributed by atoms with E-state index in [4.69, 9.17) is 5.73 Å². The van der Waals surface area contributed by atoms with Gasteiger partial charge in [-0.15, -0.1) is 11.8 Å². The van der Waals surface area contributed by atoms with Crippen LogP contribution in [0.3, 0.4) is 0 Å². The quantitative estimate of drug-likeness (QED) is 0.603. The summed E-state index contributed by atoms with van der Waals surface area (Å²) in [5.74, 6) is 0.0802. The van der Waals surface area contributed by atoms with Crippen molar-refractivity contribution in [1.29, 1.82) is 0 Å². The number of aryl methyl sites for hydroxylation is 1. The average molecular weight is 280 g/mol. The lowest BCUT2D eigenvalue weighted by Crippen LogP contribution is -2.35. The van der Waals surface area contributed by atoms with Gasteiger partial charge in [-0.25, -0.2) is 14.8 Å². The molecule has 0 saturated heterocycles. The van der Waals surface area contributed by atoms with E-state index in [-0.39, 0.29) is 6.42 Å². The van der Waals surface area contributed by atoms with E-state index in [1.807, 2.05) is 5.32 Å². The highest BCUT2D eigenvalue weighted by molar-refractivity contribution is 7.99. The molecule has 0 unspecified atom stereocenters. The third-order valence-corrected chi connectivity index (χ3v) is 3.33. The molecule has 0 saturated carbocycles. The van der Waals surface area contributed by atoms with Crippen LogP contribution in [0.1, 0.15) is 6.42 Å². The molecule has 0 aliphatic heterocycles. The SMILES string of the molecule is Cn1ncc2c(SCCC(=O)NC(N)=O)ncnc21. The first-order valence-corrected chi connectivity index (χ1v) is 6.41. The Bertz CT molecular complexity index is 626. The number of nitrogens with one attached hydrogen (secondary N) is 1. The van der Waals surface area contributed by atoms with Gasteiger partial charge < -0.3 is 5.73 Å². The largest absolute Gasteiger partial charge is 0.351 e. The normalized spacial score (nSPS) is 10.6. The number of hydrogen-bond acceptors (Lipinski definition) is 6. The zero-order chi connectivity index (χ0) is 13.8. The Morgan fingerprint density at radius 3 is 3.00 bits per heavy atom. The molecule has 0 fully saturated rings. The summed E-state index contributed by atoms with van der Waals surface area (Å²) in [4.78, 5) is 30.0. The maximum Gasteiger partial charge on any atom is 0.318 e. The molecule has 0 bridgehead atoms. The molecule has 0 aliphatic rings. The number of urea groups is 1. The lowest BCUT2D eigenvalue weighted by molar-refractivity contribution is -0.119. The van der Waals surface area contributed by atoms with Crippen LogP contribution in [0, 0.1) is 0 Å². The summed E-state index contributed by atoms with van der Waals surface area (Å²) >= 11 is 1.40. The third-order valence-electron chi connectivity index (χ3n) is 2.32. The van der Waals surface area contributed by atoms with Gasteiger partial charge in [0.25, 0.3) is 0 Å². The van der Waals surface area contributed by atoms with E-state index in [1.54, 1.807) is 17.9 Å². The molecule has 0 aromatic carbocycles. The summed E-state index contributed by atoms with van der Waals surface area (Å²) in [5.41, 5.74) is 5.58. The summed E-state index contributed by atoms with van der Waals surface area (Å²) in [6, 6.07) is -0.841. The molecule has 3 N–H and O–H groups in total. The summed E-state index contributed by atoms with van der Waals surface area (Å²) in [6.45, 7) is 0. The Hall–Kier alpha value is -2.16. The minimum absolute atomic E-state index is 0.180. The van der Waals surface area contributed by atoms with Crippen LogP contribution in [0.25, 0.3) is 11.0 Å². The molecule has 2 rings (SSSR count). The number of aromatic nitrogens is 4. The number of amides is 3. The van der Waals surface area contributed by atoms with Crippen molar-refractivity contribution in [2.45, 2.75) is 11.4 Å². The van der Waals surface area contributed by atoms with E-state index < -0.39 is 11.9 Å². The summed E-state index contributed by atoms with van der Waals surface area (Å²) in [6.07, 6.45) is 3.32. The van der Waals surface area contributed by atoms with Crippen molar-refractivity contribution in [1.82, 2.24) is 25.1 Å². The minimum Gasteiger partial charge on any atom is -0.351 e. The number of nitrogens with two attached hydrogens (primary N) is 1. The molecule has 8 nitrogen and oxygen atoms in total. The molecule has 2 aromatic heterocycles. The van der Waals surface area contributed by atoms with Crippen molar-refractivity contribution in [3.63, 3.8) is 0 Å². The fourth-order valence-corrected chi connectivity index (χ4v) is 2.40. The molecule has 2 aromatic rings. The van der Waals surface area contributed by atoms with E-state index in [0.29, 0.717) is 5.75 Å². The van der Waals surface area contributed by atoms with Crippen LogP contribution in [0.15, 0.2) is 17.6 Å². The fourth-order valence-electron chi connectivity index (χ4n) is 1.50. The summed E-state index contributed by atoms with van der Waals surface area (Å²) in [5, 5.41) is 7.70. The second kappa shape index (κ2) is 5.65. The maximum atomic E-state index is 11.2. The molecule has 0 radical (unpaired) electrons. The van der Waals surface area contributed by atoms with E-state index in [0.717, 1.165) is 16.1 Å². The highest BCUT2D eigenvalue weighted by atomic mass is 32.2. The summed E-state index contributed by atoms with van der Waals surface area (Å²) < 4.78 is 1.65. The van der Waals surface area contributed by atoms with Gasteiger partial charge in [-0.1, -0.05) is 0 Å². The van der Waals surface area contributed by atoms with Gasteiger partial charge in [-0.2, -0.15) is 5.10 Å². The standard InChI is InChI=1S/C10H12N6O2S/c1-16-8-6(4-14-16)9(13-5-12-8)19-3-2-7(17)15-10(11)18/h4-5H,2-3H2,1H3,(H3,11,15,17,18). The van der Waals surface area contributed by atoms with Crippen LogP contribution >= 0.6 is 11.8 Å². The number of carbonyl (C=O) groups excluding carboxylic acids is 2. The first-order chi connectivity index (χ1) is 9.08. The van der Waals surface area contributed by atoms with Crippen molar-refractivity contribution in [3.05, 3.63) is 12.5 Å². The van der Waals surface area contributed by atoms with Gasteiger partial charge in [0.15, 0.2) is 5.65 Å². The number of rotatable bonds is 4. The second-order valence-corrected chi connectivity index (χ2v) is 4.78. The molecule has 0 aliphatic carbocycles. The van der Waals surface area contributed by atoms with E-state index in [9.17, 15) is 9.59 Å². The number of imide groups is 1. The van der Waals surface area contributed by atoms with Crippen molar-refractivity contribution in [2.24, 2.45) is 12.8 Å². The predicted octanol–water partition coefficient (Wildman–Crippen LogP) is 0.0404. The predicted molar refractivity (Wildman–Crippen MR) is 69.4 cm³/mol. The molecule has 100 valence electrons. The van der Waals surface area contributed by atoms with Crippen molar-refractivity contribution in [2.75, 3.05) is 5.75 Å². The fraction of sp³-hybridized carbons (Fsp3) is 0.300. The highest BCUT2D eigenvalue weighted by Crippen LogP contribution is 2.24. The van der Waals surface area contributed by atoms with Crippen LogP contribution in [0.4, 0.5) is 4.79 Å². The van der Waals surface area contributed by atoms with Crippen LogP contribution in [0.2, 0.25) is 0 Å². The highest BCUT2D eigenvalue weighted by Gasteiger charge is 2.09. The first kappa shape index (κ1) is 13.3. The molecule has 19 heavy (non-hydrogen) atoms. The van der Waals surface area contributed by atoms with Crippen molar-refractivity contribution >= 4 is 34.7 Å². The monoisotopic (exact) mass is 280 g/mol. The lowest BCUT2D eigenvalue weighted by atomic mass is 10.4. The van der Waals surface area contributed by atoms with Gasteiger partial charge in [-0.05, 0) is 0 Å². The smallest absolute Gasteiger partial charge is 0.318 e.